The van der Waals surface area contributed by atoms with Gasteiger partial charge in [-0.1, -0.05) is 17.3 Å². The molecule has 2 heterocycles. The maximum absolute atomic E-state index is 13.3. The number of carbonyl (C=O) groups is 2. The van der Waals surface area contributed by atoms with Crippen LogP contribution in [0.2, 0.25) is 0 Å². The zero-order chi connectivity index (χ0) is 19.2. The second-order valence-electron chi connectivity index (χ2n) is 6.20. The van der Waals surface area contributed by atoms with Gasteiger partial charge < -0.3 is 14.6 Å². The van der Waals surface area contributed by atoms with E-state index in [1.807, 2.05) is 0 Å². The number of aryl methyl sites for hydroxylation is 1. The van der Waals surface area contributed by atoms with Gasteiger partial charge in [-0.15, -0.1) is 0 Å². The molecule has 1 saturated heterocycles. The average molecular weight is 376 g/mol. The van der Waals surface area contributed by atoms with Gasteiger partial charge in [0.05, 0.1) is 19.3 Å². The number of hydrogen-bond acceptors (Lipinski definition) is 6. The minimum Gasteiger partial charge on any atom is -0.379 e. The molecule has 1 aliphatic heterocycles. The number of morpholine rings is 1. The van der Waals surface area contributed by atoms with E-state index in [-0.39, 0.29) is 24.2 Å². The Morgan fingerprint density at radius 2 is 1.93 bits per heavy atom. The lowest BCUT2D eigenvalue weighted by molar-refractivity contribution is -0.136. The molecule has 2 aromatic rings. The monoisotopic (exact) mass is 376 g/mol. The summed E-state index contributed by atoms with van der Waals surface area (Å²) >= 11 is 0. The molecule has 0 unspecified atom stereocenters. The average Bonchev–Trinajstić information content (AvgIpc) is 3.08. The number of nitrogens with zero attached hydrogens (tertiary/aromatic N) is 2. The Morgan fingerprint density at radius 1 is 1.22 bits per heavy atom. The molecule has 2 N–H and O–H groups in total. The van der Waals surface area contributed by atoms with Gasteiger partial charge in [0.2, 0.25) is 0 Å². The molecule has 3 rings (SSSR count). The first-order chi connectivity index (χ1) is 13.0. The predicted octanol–water partition coefficient (Wildman–Crippen LogP) is 1.25. The summed E-state index contributed by atoms with van der Waals surface area (Å²) in [7, 11) is 0. The summed E-state index contributed by atoms with van der Waals surface area (Å²) in [5.74, 6) is -1.24. The Balaban J connectivity index is 1.63. The summed E-state index contributed by atoms with van der Waals surface area (Å²) in [5, 5.41) is 8.63. The van der Waals surface area contributed by atoms with E-state index in [4.69, 9.17) is 9.26 Å². The standard InChI is InChI=1S/C18H21FN4O4/c1-12-10-16(22-27-12)21-18(25)17(24)20-11-15(23-6-8-26-9-7-23)13-2-4-14(19)5-3-13/h2-5,10,15H,6-9,11H2,1H3,(H,20,24)(H,21,22,25)/t15-/m0/s1. The van der Waals surface area contributed by atoms with Gasteiger partial charge in [-0.25, -0.2) is 4.39 Å². The van der Waals surface area contributed by atoms with Gasteiger partial charge in [-0.05, 0) is 24.6 Å². The van der Waals surface area contributed by atoms with Crippen molar-refractivity contribution in [2.75, 3.05) is 38.2 Å². The van der Waals surface area contributed by atoms with Crippen molar-refractivity contribution in [1.29, 1.82) is 0 Å². The van der Waals surface area contributed by atoms with Crippen LogP contribution in [-0.2, 0) is 14.3 Å². The number of nitrogens with one attached hydrogen (secondary N) is 2. The van der Waals surface area contributed by atoms with Gasteiger partial charge in [-0.3, -0.25) is 19.8 Å². The van der Waals surface area contributed by atoms with Crippen LogP contribution in [0.1, 0.15) is 17.4 Å². The number of halogens is 1. The van der Waals surface area contributed by atoms with Crippen LogP contribution in [0.15, 0.2) is 34.9 Å². The molecule has 144 valence electrons. The summed E-state index contributed by atoms with van der Waals surface area (Å²) < 4.78 is 23.5. The van der Waals surface area contributed by atoms with E-state index < -0.39 is 11.8 Å². The minimum absolute atomic E-state index is 0.177. The number of aromatic nitrogens is 1. The Morgan fingerprint density at radius 3 is 2.56 bits per heavy atom. The van der Waals surface area contributed by atoms with Crippen molar-refractivity contribution in [2.24, 2.45) is 0 Å². The van der Waals surface area contributed by atoms with Crippen LogP contribution in [-0.4, -0.2) is 54.7 Å². The molecule has 1 atom stereocenters. The van der Waals surface area contributed by atoms with Gasteiger partial charge in [0.15, 0.2) is 5.82 Å². The number of hydrogen-bond donors (Lipinski definition) is 2. The smallest absolute Gasteiger partial charge is 0.314 e. The summed E-state index contributed by atoms with van der Waals surface area (Å²) in [5.41, 5.74) is 0.853. The van der Waals surface area contributed by atoms with E-state index in [0.29, 0.717) is 32.1 Å². The highest BCUT2D eigenvalue weighted by Crippen LogP contribution is 2.21. The van der Waals surface area contributed by atoms with Crippen molar-refractivity contribution in [3.05, 3.63) is 47.5 Å². The van der Waals surface area contributed by atoms with E-state index in [0.717, 1.165) is 5.56 Å². The molecule has 0 radical (unpaired) electrons. The second-order valence-corrected chi connectivity index (χ2v) is 6.20. The first-order valence-electron chi connectivity index (χ1n) is 8.62. The quantitative estimate of drug-likeness (QED) is 0.763. The molecule has 1 aromatic heterocycles. The van der Waals surface area contributed by atoms with E-state index in [1.165, 1.54) is 18.2 Å². The summed E-state index contributed by atoms with van der Waals surface area (Å²) in [4.78, 5) is 26.3. The Bertz CT molecular complexity index is 787. The molecule has 0 spiro atoms. The maximum Gasteiger partial charge on any atom is 0.314 e. The Labute approximate surface area is 155 Å². The third-order valence-corrected chi connectivity index (χ3v) is 4.27. The number of benzene rings is 1. The van der Waals surface area contributed by atoms with Crippen molar-refractivity contribution < 1.29 is 23.2 Å². The second kappa shape index (κ2) is 8.74. The van der Waals surface area contributed by atoms with Crippen LogP contribution >= 0.6 is 0 Å². The van der Waals surface area contributed by atoms with Crippen molar-refractivity contribution in [3.8, 4) is 0 Å². The molecule has 1 aliphatic rings. The summed E-state index contributed by atoms with van der Waals surface area (Å²) in [6.45, 7) is 4.41. The van der Waals surface area contributed by atoms with Crippen LogP contribution in [0, 0.1) is 12.7 Å². The van der Waals surface area contributed by atoms with Crippen LogP contribution in [0.25, 0.3) is 0 Å². The zero-order valence-electron chi connectivity index (χ0n) is 14.9. The molecule has 2 amide bonds. The minimum atomic E-state index is -0.830. The number of amides is 2. The van der Waals surface area contributed by atoms with Crippen LogP contribution in [0.3, 0.4) is 0 Å². The van der Waals surface area contributed by atoms with Gasteiger partial charge in [-0.2, -0.15) is 0 Å². The van der Waals surface area contributed by atoms with E-state index in [2.05, 4.69) is 20.7 Å². The fourth-order valence-electron chi connectivity index (χ4n) is 2.90. The lowest BCUT2D eigenvalue weighted by atomic mass is 10.0. The van der Waals surface area contributed by atoms with Crippen molar-refractivity contribution in [3.63, 3.8) is 0 Å². The highest BCUT2D eigenvalue weighted by molar-refractivity contribution is 6.39. The highest BCUT2D eigenvalue weighted by atomic mass is 19.1. The highest BCUT2D eigenvalue weighted by Gasteiger charge is 2.24. The van der Waals surface area contributed by atoms with Crippen LogP contribution in [0.5, 0.6) is 0 Å². The van der Waals surface area contributed by atoms with Gasteiger partial charge in [0.25, 0.3) is 0 Å². The molecule has 0 bridgehead atoms. The fraction of sp³-hybridized carbons (Fsp3) is 0.389. The van der Waals surface area contributed by atoms with Gasteiger partial charge in [0.1, 0.15) is 11.6 Å². The van der Waals surface area contributed by atoms with Crippen LogP contribution in [0.4, 0.5) is 10.2 Å². The zero-order valence-corrected chi connectivity index (χ0v) is 14.9. The molecule has 8 nitrogen and oxygen atoms in total. The summed E-state index contributed by atoms with van der Waals surface area (Å²) in [6.07, 6.45) is 0. The molecule has 27 heavy (non-hydrogen) atoms. The Hall–Kier alpha value is -2.78. The number of rotatable bonds is 5. The molecule has 0 saturated carbocycles. The maximum atomic E-state index is 13.3. The third-order valence-electron chi connectivity index (χ3n) is 4.27. The topological polar surface area (TPSA) is 96.7 Å². The van der Waals surface area contributed by atoms with Crippen molar-refractivity contribution in [2.45, 2.75) is 13.0 Å². The Kier molecular flexibility index (Phi) is 6.15. The fourth-order valence-corrected chi connectivity index (χ4v) is 2.90. The van der Waals surface area contributed by atoms with Crippen molar-refractivity contribution >= 4 is 17.6 Å². The van der Waals surface area contributed by atoms with Crippen LogP contribution < -0.4 is 10.6 Å². The number of anilines is 1. The van der Waals surface area contributed by atoms with Gasteiger partial charge >= 0.3 is 11.8 Å². The SMILES string of the molecule is Cc1cc(NC(=O)C(=O)NC[C@@H](c2ccc(F)cc2)N2CCOCC2)no1. The van der Waals surface area contributed by atoms with Crippen molar-refractivity contribution in [1.82, 2.24) is 15.4 Å². The molecular weight excluding hydrogens is 355 g/mol. The normalized spacial score (nSPS) is 15.9. The third kappa shape index (κ3) is 5.11. The first kappa shape index (κ1) is 19.0. The van der Waals surface area contributed by atoms with E-state index in [9.17, 15) is 14.0 Å². The number of carbonyl (C=O) groups excluding carboxylic acids is 2. The van der Waals surface area contributed by atoms with Gasteiger partial charge in [0, 0.05) is 25.7 Å². The predicted molar refractivity (Wildman–Crippen MR) is 94.4 cm³/mol. The molecule has 1 fully saturated rings. The lowest BCUT2D eigenvalue weighted by Crippen LogP contribution is -2.45. The molecule has 1 aromatic carbocycles. The molecule has 9 heteroatoms. The molecule has 0 aliphatic carbocycles. The first-order valence-corrected chi connectivity index (χ1v) is 8.62. The lowest BCUT2D eigenvalue weighted by Gasteiger charge is -2.34. The van der Waals surface area contributed by atoms with E-state index >= 15 is 0 Å². The molecular formula is C18H21FN4O4. The largest absolute Gasteiger partial charge is 0.379 e. The number of ether oxygens (including phenoxy) is 1. The van der Waals surface area contributed by atoms with E-state index in [1.54, 1.807) is 19.1 Å². The summed E-state index contributed by atoms with van der Waals surface area (Å²) in [6, 6.07) is 7.44.